The minimum Gasteiger partial charge on any atom is -0.493 e. The van der Waals surface area contributed by atoms with E-state index >= 15 is 0 Å². The van der Waals surface area contributed by atoms with Gasteiger partial charge in [0.1, 0.15) is 0 Å². The summed E-state index contributed by atoms with van der Waals surface area (Å²) in [5, 5.41) is 21.2. The lowest BCUT2D eigenvalue weighted by Crippen LogP contribution is -2.13. The Hall–Kier alpha value is -2.71. The molecule has 28 heavy (non-hydrogen) atoms. The summed E-state index contributed by atoms with van der Waals surface area (Å²) < 4.78 is 0.752. The van der Waals surface area contributed by atoms with E-state index in [1.165, 1.54) is 0 Å². The number of azo groups is 1. The molecule has 0 fully saturated rings. The van der Waals surface area contributed by atoms with Crippen molar-refractivity contribution in [1.82, 2.24) is 4.98 Å². The van der Waals surface area contributed by atoms with Crippen LogP contribution >= 0.6 is 27.5 Å². The van der Waals surface area contributed by atoms with Crippen LogP contribution in [0.1, 0.15) is 18.4 Å². The number of aromatic amines is 1. The van der Waals surface area contributed by atoms with Crippen molar-refractivity contribution in [2.24, 2.45) is 10.2 Å². The molecule has 0 spiro atoms. The monoisotopic (exact) mass is 462 g/mol. The quantitative estimate of drug-likeness (QED) is 0.427. The van der Waals surface area contributed by atoms with Gasteiger partial charge in [-0.2, -0.15) is 0 Å². The van der Waals surface area contributed by atoms with Crippen molar-refractivity contribution >= 4 is 61.6 Å². The van der Waals surface area contributed by atoms with Crippen LogP contribution in [-0.4, -0.2) is 21.9 Å². The number of aromatic hydroxyl groups is 1. The zero-order valence-corrected chi connectivity index (χ0v) is 17.1. The van der Waals surface area contributed by atoms with E-state index in [1.54, 1.807) is 30.3 Å². The second kappa shape index (κ2) is 8.53. The molecule has 3 aromatic rings. The topological polar surface area (TPSA) is 107 Å². The van der Waals surface area contributed by atoms with E-state index in [0.717, 1.165) is 10.0 Å². The lowest BCUT2D eigenvalue weighted by molar-refractivity contribution is -0.122. The molecule has 0 aliphatic heterocycles. The molecule has 0 aliphatic carbocycles. The number of para-hydroxylation sites is 1. The number of amides is 2. The van der Waals surface area contributed by atoms with Gasteiger partial charge in [0.25, 0.3) is 5.91 Å². The normalized spacial score (nSPS) is 11.2. The summed E-state index contributed by atoms with van der Waals surface area (Å²) in [5.74, 6) is -1.12. The molecule has 0 atom stereocenters. The molecule has 3 rings (SSSR count). The molecular formula is C19H16BrClN4O3. The average molecular weight is 464 g/mol. The summed E-state index contributed by atoms with van der Waals surface area (Å²) >= 11 is 9.44. The van der Waals surface area contributed by atoms with Gasteiger partial charge in [-0.25, -0.2) is 0 Å². The highest BCUT2D eigenvalue weighted by molar-refractivity contribution is 9.10. The second-order valence-electron chi connectivity index (χ2n) is 6.06. The molecule has 0 saturated heterocycles. The molecule has 9 heteroatoms. The molecule has 144 valence electrons. The highest BCUT2D eigenvalue weighted by atomic mass is 79.9. The van der Waals surface area contributed by atoms with Crippen molar-refractivity contribution < 1.29 is 14.7 Å². The number of aryl methyl sites for hydroxylation is 1. The summed E-state index contributed by atoms with van der Waals surface area (Å²) in [4.78, 5) is 26.7. The number of hydrogen-bond donors (Lipinski definition) is 3. The van der Waals surface area contributed by atoms with E-state index in [1.807, 2.05) is 13.0 Å². The molecule has 0 unspecified atom stereocenters. The lowest BCUT2D eigenvalue weighted by atomic mass is 10.1. The third-order valence-electron chi connectivity index (χ3n) is 4.02. The maximum atomic E-state index is 12.0. The van der Waals surface area contributed by atoms with Crippen LogP contribution in [-0.2, 0) is 9.59 Å². The fourth-order valence-electron chi connectivity index (χ4n) is 2.57. The Morgan fingerprint density at radius 2 is 1.96 bits per heavy atom. The van der Waals surface area contributed by atoms with E-state index in [4.69, 9.17) is 11.6 Å². The van der Waals surface area contributed by atoms with E-state index in [2.05, 4.69) is 36.5 Å². The van der Waals surface area contributed by atoms with Gasteiger partial charge in [0, 0.05) is 22.7 Å². The number of fused-ring (bicyclic) bond motifs is 1. The maximum Gasteiger partial charge on any atom is 0.265 e. The van der Waals surface area contributed by atoms with Crippen LogP contribution in [0.5, 0.6) is 5.88 Å². The number of aromatic nitrogens is 1. The van der Waals surface area contributed by atoms with Gasteiger partial charge in [-0.15, -0.1) is 10.2 Å². The first-order chi connectivity index (χ1) is 13.4. The van der Waals surface area contributed by atoms with Gasteiger partial charge < -0.3 is 15.4 Å². The molecule has 2 amide bonds. The van der Waals surface area contributed by atoms with E-state index in [9.17, 15) is 14.7 Å². The van der Waals surface area contributed by atoms with Crippen LogP contribution < -0.4 is 5.32 Å². The first kappa shape index (κ1) is 20.0. The van der Waals surface area contributed by atoms with Crippen molar-refractivity contribution in [3.8, 4) is 5.88 Å². The van der Waals surface area contributed by atoms with Crippen LogP contribution in [0.15, 0.2) is 51.1 Å². The zero-order valence-electron chi connectivity index (χ0n) is 14.8. The van der Waals surface area contributed by atoms with Gasteiger partial charge in [0.2, 0.25) is 11.8 Å². The van der Waals surface area contributed by atoms with Crippen LogP contribution in [0, 0.1) is 6.92 Å². The first-order valence-electron chi connectivity index (χ1n) is 8.35. The smallest absolute Gasteiger partial charge is 0.265 e. The van der Waals surface area contributed by atoms with Crippen LogP contribution in [0.2, 0.25) is 5.02 Å². The highest BCUT2D eigenvalue weighted by Crippen LogP contribution is 2.41. The Morgan fingerprint density at radius 1 is 1.21 bits per heavy atom. The average Bonchev–Trinajstić information content (AvgIpc) is 2.99. The summed E-state index contributed by atoms with van der Waals surface area (Å²) in [6, 6.07) is 10.5. The molecule has 7 nitrogen and oxygen atoms in total. The van der Waals surface area contributed by atoms with Crippen molar-refractivity contribution in [2.75, 3.05) is 5.32 Å². The number of H-pyrrole nitrogens is 1. The number of carbonyl (C=O) groups is 2. The minimum atomic E-state index is -0.577. The standard InChI is InChI=1S/C19H16BrClN4O3/c1-10-6-7-13-16(17(10)20)18(19(28)23-13)25-24-15(27)9-8-14(26)22-12-5-3-2-4-11(12)21/h2-7,23,28H,8-9H2,1H3,(H,22,26). The molecular weight excluding hydrogens is 448 g/mol. The second-order valence-corrected chi connectivity index (χ2v) is 7.26. The van der Waals surface area contributed by atoms with Crippen molar-refractivity contribution in [2.45, 2.75) is 19.8 Å². The zero-order chi connectivity index (χ0) is 20.3. The number of hydrogen-bond acceptors (Lipinski definition) is 4. The Morgan fingerprint density at radius 3 is 2.71 bits per heavy atom. The Balaban J connectivity index is 1.65. The minimum absolute atomic E-state index is 0.0637. The SMILES string of the molecule is Cc1ccc2[nH]c(O)c(N=NC(=O)CCC(=O)Nc3ccccc3Cl)c2c1Br. The Kier molecular flexibility index (Phi) is 6.11. The Labute approximate surface area is 173 Å². The van der Waals surface area contributed by atoms with Gasteiger partial charge in [0.05, 0.1) is 16.2 Å². The fourth-order valence-corrected chi connectivity index (χ4v) is 3.29. The summed E-state index contributed by atoms with van der Waals surface area (Å²) in [6.45, 7) is 1.90. The number of benzene rings is 2. The molecule has 0 bridgehead atoms. The highest BCUT2D eigenvalue weighted by Gasteiger charge is 2.15. The molecule has 0 aliphatic rings. The summed E-state index contributed by atoms with van der Waals surface area (Å²) in [6.07, 6.45) is -0.186. The largest absolute Gasteiger partial charge is 0.493 e. The van der Waals surface area contributed by atoms with Gasteiger partial charge >= 0.3 is 0 Å². The molecule has 0 radical (unpaired) electrons. The maximum absolute atomic E-state index is 12.0. The van der Waals surface area contributed by atoms with E-state index < -0.39 is 5.91 Å². The van der Waals surface area contributed by atoms with Gasteiger partial charge in [-0.3, -0.25) is 9.59 Å². The third-order valence-corrected chi connectivity index (χ3v) is 5.38. The summed E-state index contributed by atoms with van der Waals surface area (Å²) in [7, 11) is 0. The van der Waals surface area contributed by atoms with E-state index in [-0.39, 0.29) is 30.3 Å². The molecule has 3 N–H and O–H groups in total. The summed E-state index contributed by atoms with van der Waals surface area (Å²) in [5.41, 5.74) is 2.26. The number of nitrogens with zero attached hydrogens (tertiary/aromatic N) is 2. The van der Waals surface area contributed by atoms with Gasteiger partial charge in [0.15, 0.2) is 5.69 Å². The number of carbonyl (C=O) groups excluding carboxylic acids is 2. The first-order valence-corrected chi connectivity index (χ1v) is 9.52. The number of nitrogens with one attached hydrogen (secondary N) is 2. The van der Waals surface area contributed by atoms with Crippen LogP contribution in [0.25, 0.3) is 10.9 Å². The molecule has 1 aromatic heterocycles. The van der Waals surface area contributed by atoms with Gasteiger partial charge in [-0.1, -0.05) is 29.8 Å². The van der Waals surface area contributed by atoms with Crippen LogP contribution in [0.4, 0.5) is 11.4 Å². The Bertz CT molecular complexity index is 1090. The number of rotatable bonds is 5. The van der Waals surface area contributed by atoms with Crippen molar-refractivity contribution in [3.63, 3.8) is 0 Å². The van der Waals surface area contributed by atoms with Crippen LogP contribution in [0.3, 0.4) is 0 Å². The van der Waals surface area contributed by atoms with Gasteiger partial charge in [-0.05, 0) is 46.6 Å². The molecule has 0 saturated carbocycles. The molecule has 1 heterocycles. The lowest BCUT2D eigenvalue weighted by Gasteiger charge is -2.05. The van der Waals surface area contributed by atoms with Crippen molar-refractivity contribution in [1.29, 1.82) is 0 Å². The third kappa shape index (κ3) is 4.40. The predicted octanol–water partition coefficient (Wildman–Crippen LogP) is 5.63. The predicted molar refractivity (Wildman–Crippen MR) is 111 cm³/mol. The van der Waals surface area contributed by atoms with E-state index in [0.29, 0.717) is 21.6 Å². The van der Waals surface area contributed by atoms with Crippen molar-refractivity contribution in [3.05, 3.63) is 51.5 Å². The fraction of sp³-hybridized carbons (Fsp3) is 0.158. The molecule has 2 aromatic carbocycles. The number of halogens is 2. The number of anilines is 1.